The van der Waals surface area contributed by atoms with Crippen molar-refractivity contribution in [3.8, 4) is 0 Å². The quantitative estimate of drug-likeness (QED) is 0.809. The molecule has 2 amide bonds. The number of carbonyl (C=O) groups excluding carboxylic acids is 1. The molecule has 120 valence electrons. The number of rotatable bonds is 5. The molecule has 1 heterocycles. The van der Waals surface area contributed by atoms with Crippen LogP contribution in [-0.2, 0) is 9.53 Å². The molecule has 6 heteroatoms. The summed E-state index contributed by atoms with van der Waals surface area (Å²) in [6, 6.07) is -0.139. The summed E-state index contributed by atoms with van der Waals surface area (Å²) in [7, 11) is 1.76. The van der Waals surface area contributed by atoms with E-state index in [1.807, 2.05) is 0 Å². The van der Waals surface area contributed by atoms with Gasteiger partial charge in [-0.15, -0.1) is 0 Å². The number of aliphatic carboxylic acids is 1. The van der Waals surface area contributed by atoms with E-state index in [0.29, 0.717) is 13.1 Å². The van der Waals surface area contributed by atoms with E-state index in [0.717, 1.165) is 45.1 Å². The number of carboxylic acids is 1. The zero-order chi connectivity index (χ0) is 15.2. The Morgan fingerprint density at radius 1 is 1.24 bits per heavy atom. The van der Waals surface area contributed by atoms with Crippen molar-refractivity contribution in [3.05, 3.63) is 0 Å². The second-order valence-corrected chi connectivity index (χ2v) is 6.19. The summed E-state index contributed by atoms with van der Waals surface area (Å²) in [6.07, 6.45) is 5.83. The van der Waals surface area contributed by atoms with Crippen molar-refractivity contribution in [2.45, 2.75) is 44.6 Å². The van der Waals surface area contributed by atoms with Crippen molar-refractivity contribution < 1.29 is 19.4 Å². The summed E-state index contributed by atoms with van der Waals surface area (Å²) >= 11 is 0. The summed E-state index contributed by atoms with van der Waals surface area (Å²) in [5.41, 5.74) is 0. The highest BCUT2D eigenvalue weighted by Gasteiger charge is 2.31. The van der Waals surface area contributed by atoms with Gasteiger partial charge in [0.1, 0.15) is 0 Å². The number of urea groups is 1. The molecule has 3 unspecified atom stereocenters. The predicted molar refractivity (Wildman–Crippen MR) is 78.1 cm³/mol. The molecule has 2 fully saturated rings. The minimum absolute atomic E-state index is 0.0522. The van der Waals surface area contributed by atoms with Crippen LogP contribution in [0, 0.1) is 11.8 Å². The highest BCUT2D eigenvalue weighted by atomic mass is 16.5. The van der Waals surface area contributed by atoms with E-state index in [2.05, 4.69) is 5.32 Å². The first-order valence-corrected chi connectivity index (χ1v) is 7.91. The lowest BCUT2D eigenvalue weighted by atomic mass is 9.79. The van der Waals surface area contributed by atoms with Gasteiger partial charge in [-0.3, -0.25) is 4.79 Å². The van der Waals surface area contributed by atoms with Crippen LogP contribution in [0.1, 0.15) is 38.5 Å². The van der Waals surface area contributed by atoms with Gasteiger partial charge in [0.05, 0.1) is 12.0 Å². The second kappa shape index (κ2) is 7.64. The Morgan fingerprint density at radius 2 is 2.00 bits per heavy atom. The minimum atomic E-state index is -0.735. The van der Waals surface area contributed by atoms with Crippen molar-refractivity contribution >= 4 is 12.0 Å². The Hall–Kier alpha value is -1.30. The molecule has 21 heavy (non-hydrogen) atoms. The van der Waals surface area contributed by atoms with Crippen LogP contribution in [0.15, 0.2) is 0 Å². The molecule has 2 rings (SSSR count). The number of ether oxygens (including phenoxy) is 1. The topological polar surface area (TPSA) is 78.9 Å². The van der Waals surface area contributed by atoms with Gasteiger partial charge in [0.2, 0.25) is 0 Å². The van der Waals surface area contributed by atoms with Crippen LogP contribution in [0.5, 0.6) is 0 Å². The normalized spacial score (nSPS) is 29.1. The average molecular weight is 298 g/mol. The lowest BCUT2D eigenvalue weighted by Gasteiger charge is -2.29. The number of hydrogen-bond donors (Lipinski definition) is 2. The summed E-state index contributed by atoms with van der Waals surface area (Å²) in [5.74, 6) is -1.000. The van der Waals surface area contributed by atoms with Crippen molar-refractivity contribution in [1.29, 1.82) is 0 Å². The molecule has 0 aromatic heterocycles. The van der Waals surface area contributed by atoms with E-state index in [1.165, 1.54) is 0 Å². The van der Waals surface area contributed by atoms with Crippen LogP contribution in [0.2, 0.25) is 0 Å². The maximum atomic E-state index is 12.1. The third-order valence-corrected chi connectivity index (χ3v) is 4.59. The Labute approximate surface area is 125 Å². The van der Waals surface area contributed by atoms with Crippen molar-refractivity contribution in [2.75, 3.05) is 26.7 Å². The van der Waals surface area contributed by atoms with Gasteiger partial charge in [-0.05, 0) is 31.6 Å². The Balaban J connectivity index is 1.75. The number of hydrogen-bond acceptors (Lipinski definition) is 3. The summed E-state index contributed by atoms with van der Waals surface area (Å²) in [5, 5.41) is 12.1. The first-order valence-electron chi connectivity index (χ1n) is 7.91. The molecule has 0 aromatic carbocycles. The SMILES string of the molecule is CN(CC1CCCO1)C(=O)NCC1CCCCC1C(=O)O. The fraction of sp³-hybridized carbons (Fsp3) is 0.867. The zero-order valence-corrected chi connectivity index (χ0v) is 12.7. The van der Waals surface area contributed by atoms with Gasteiger partial charge in [0.15, 0.2) is 0 Å². The Kier molecular flexibility index (Phi) is 5.85. The highest BCUT2D eigenvalue weighted by molar-refractivity contribution is 5.74. The smallest absolute Gasteiger partial charge is 0.317 e. The maximum absolute atomic E-state index is 12.1. The molecule has 1 aliphatic carbocycles. The van der Waals surface area contributed by atoms with Crippen molar-refractivity contribution in [1.82, 2.24) is 10.2 Å². The number of likely N-dealkylation sites (N-methyl/N-ethyl adjacent to an activating group) is 1. The van der Waals surface area contributed by atoms with Gasteiger partial charge in [0, 0.05) is 26.7 Å². The van der Waals surface area contributed by atoms with Crippen LogP contribution in [-0.4, -0.2) is 54.9 Å². The standard InChI is InChI=1S/C15H26N2O4/c1-17(10-12-6-4-8-21-12)15(20)16-9-11-5-2-3-7-13(11)14(18)19/h11-13H,2-10H2,1H3,(H,16,20)(H,18,19). The molecule has 6 nitrogen and oxygen atoms in total. The molecule has 0 spiro atoms. The van der Waals surface area contributed by atoms with Gasteiger partial charge in [-0.2, -0.15) is 0 Å². The van der Waals surface area contributed by atoms with Gasteiger partial charge in [0.25, 0.3) is 0 Å². The summed E-state index contributed by atoms with van der Waals surface area (Å²) < 4.78 is 5.52. The Bertz CT molecular complexity index is 369. The highest BCUT2D eigenvalue weighted by Crippen LogP contribution is 2.29. The van der Waals surface area contributed by atoms with E-state index in [4.69, 9.17) is 4.74 Å². The minimum Gasteiger partial charge on any atom is -0.481 e. The molecule has 0 radical (unpaired) electrons. The van der Waals surface area contributed by atoms with Crippen molar-refractivity contribution in [2.24, 2.45) is 11.8 Å². The first kappa shape index (κ1) is 16.1. The number of amides is 2. The molecule has 1 aliphatic heterocycles. The van der Waals surface area contributed by atoms with E-state index >= 15 is 0 Å². The Morgan fingerprint density at radius 3 is 2.67 bits per heavy atom. The summed E-state index contributed by atoms with van der Waals surface area (Å²) in [4.78, 5) is 24.9. The molecular formula is C15H26N2O4. The molecular weight excluding hydrogens is 272 g/mol. The fourth-order valence-corrected chi connectivity index (χ4v) is 3.31. The largest absolute Gasteiger partial charge is 0.481 e. The van der Waals surface area contributed by atoms with E-state index in [1.54, 1.807) is 11.9 Å². The third-order valence-electron chi connectivity index (χ3n) is 4.59. The number of nitrogens with one attached hydrogen (secondary N) is 1. The van der Waals surface area contributed by atoms with E-state index < -0.39 is 5.97 Å². The van der Waals surface area contributed by atoms with E-state index in [-0.39, 0.29) is 24.0 Å². The molecule has 2 aliphatic rings. The molecule has 0 aromatic rings. The van der Waals surface area contributed by atoms with Crippen LogP contribution in [0.3, 0.4) is 0 Å². The lowest BCUT2D eigenvalue weighted by molar-refractivity contribution is -0.144. The summed E-state index contributed by atoms with van der Waals surface area (Å²) in [6.45, 7) is 1.83. The third kappa shape index (κ3) is 4.59. The molecule has 2 N–H and O–H groups in total. The van der Waals surface area contributed by atoms with Crippen LogP contribution >= 0.6 is 0 Å². The number of nitrogens with zero attached hydrogens (tertiary/aromatic N) is 1. The second-order valence-electron chi connectivity index (χ2n) is 6.19. The lowest BCUT2D eigenvalue weighted by Crippen LogP contribution is -2.44. The fourth-order valence-electron chi connectivity index (χ4n) is 3.31. The van der Waals surface area contributed by atoms with Crippen molar-refractivity contribution in [3.63, 3.8) is 0 Å². The van der Waals surface area contributed by atoms with Gasteiger partial charge in [-0.1, -0.05) is 12.8 Å². The molecule has 3 atom stereocenters. The monoisotopic (exact) mass is 298 g/mol. The van der Waals surface area contributed by atoms with Gasteiger partial charge >= 0.3 is 12.0 Å². The number of carboxylic acid groups (broad SMARTS) is 1. The predicted octanol–water partition coefficient (Wildman–Crippen LogP) is 1.70. The van der Waals surface area contributed by atoms with Gasteiger partial charge < -0.3 is 20.1 Å². The van der Waals surface area contributed by atoms with Crippen LogP contribution in [0.25, 0.3) is 0 Å². The maximum Gasteiger partial charge on any atom is 0.317 e. The van der Waals surface area contributed by atoms with E-state index in [9.17, 15) is 14.7 Å². The molecule has 1 saturated heterocycles. The molecule has 1 saturated carbocycles. The molecule has 0 bridgehead atoms. The zero-order valence-electron chi connectivity index (χ0n) is 12.7. The first-order chi connectivity index (χ1) is 10.1. The average Bonchev–Trinajstić information content (AvgIpc) is 2.97. The van der Waals surface area contributed by atoms with Gasteiger partial charge in [-0.25, -0.2) is 4.79 Å². The number of carbonyl (C=O) groups is 2. The van der Waals surface area contributed by atoms with Crippen LogP contribution < -0.4 is 5.32 Å². The van der Waals surface area contributed by atoms with Crippen LogP contribution in [0.4, 0.5) is 4.79 Å².